The fourth-order valence-electron chi connectivity index (χ4n) is 3.58. The smallest absolute Gasteiger partial charge is 0.266 e. The number of carbonyl (C=O) groups is 1. The van der Waals surface area contributed by atoms with E-state index < -0.39 is 0 Å². The van der Waals surface area contributed by atoms with Gasteiger partial charge in [0.1, 0.15) is 5.82 Å². The van der Waals surface area contributed by atoms with Gasteiger partial charge in [0.2, 0.25) is 5.78 Å². The zero-order valence-corrected chi connectivity index (χ0v) is 15.5. The highest BCUT2D eigenvalue weighted by molar-refractivity contribution is 6.13. The molecule has 5 rings (SSSR count). The first-order valence-corrected chi connectivity index (χ1v) is 9.19. The minimum Gasteiger partial charge on any atom is -0.381 e. The molecule has 3 aromatic carbocycles. The van der Waals surface area contributed by atoms with Crippen molar-refractivity contribution in [2.45, 2.75) is 6.54 Å². The molecule has 1 aliphatic heterocycles. The van der Waals surface area contributed by atoms with Crippen molar-refractivity contribution in [1.82, 2.24) is 9.55 Å². The minimum atomic E-state index is -0.384. The Bertz CT molecular complexity index is 1450. The van der Waals surface area contributed by atoms with Crippen LogP contribution in [0.3, 0.4) is 0 Å². The average Bonchev–Trinajstić information content (AvgIpc) is 3.05. The SMILES string of the molecule is N#Cc1ccc2c(c1)C(=O)c1nc3cc(NCc4ccc(F)cc4)ccc3c(=O)n1-2. The molecule has 1 N–H and O–H groups in total. The van der Waals surface area contributed by atoms with Gasteiger partial charge in [-0.2, -0.15) is 5.26 Å². The van der Waals surface area contributed by atoms with Gasteiger partial charge in [0.05, 0.1) is 33.8 Å². The van der Waals surface area contributed by atoms with E-state index in [0.717, 1.165) is 11.3 Å². The van der Waals surface area contributed by atoms with Crippen molar-refractivity contribution in [3.05, 3.63) is 99.3 Å². The minimum absolute atomic E-state index is 0.0354. The Morgan fingerprint density at radius 2 is 1.83 bits per heavy atom. The number of benzene rings is 3. The second-order valence-electron chi connectivity index (χ2n) is 6.96. The van der Waals surface area contributed by atoms with Gasteiger partial charge in [-0.1, -0.05) is 12.1 Å². The second-order valence-corrected chi connectivity index (χ2v) is 6.96. The number of hydrogen-bond acceptors (Lipinski definition) is 5. The molecule has 0 bridgehead atoms. The largest absolute Gasteiger partial charge is 0.381 e. The van der Waals surface area contributed by atoms with Crippen LogP contribution in [-0.4, -0.2) is 15.3 Å². The van der Waals surface area contributed by atoms with Gasteiger partial charge in [-0.3, -0.25) is 14.2 Å². The highest BCUT2D eigenvalue weighted by Gasteiger charge is 2.30. The summed E-state index contributed by atoms with van der Waals surface area (Å²) >= 11 is 0. The summed E-state index contributed by atoms with van der Waals surface area (Å²) in [5.41, 5.74) is 2.76. The molecule has 0 atom stereocenters. The Balaban J connectivity index is 1.54. The molecule has 0 unspecified atom stereocenters. The summed E-state index contributed by atoms with van der Waals surface area (Å²) in [6, 6.07) is 17.9. The Morgan fingerprint density at radius 1 is 1.03 bits per heavy atom. The molecule has 0 fully saturated rings. The molecule has 2 heterocycles. The second kappa shape index (κ2) is 6.64. The lowest BCUT2D eigenvalue weighted by molar-refractivity contribution is 0.103. The van der Waals surface area contributed by atoms with Crippen molar-refractivity contribution < 1.29 is 9.18 Å². The number of fused-ring (bicyclic) bond motifs is 4. The molecule has 1 aliphatic rings. The summed E-state index contributed by atoms with van der Waals surface area (Å²) in [5, 5.41) is 12.7. The van der Waals surface area contributed by atoms with Crippen molar-refractivity contribution in [2.24, 2.45) is 0 Å². The van der Waals surface area contributed by atoms with Crippen molar-refractivity contribution >= 4 is 22.4 Å². The third-order valence-corrected chi connectivity index (χ3v) is 5.09. The lowest BCUT2D eigenvalue weighted by Crippen LogP contribution is -2.21. The Morgan fingerprint density at radius 3 is 2.60 bits per heavy atom. The first-order chi connectivity index (χ1) is 14.5. The number of nitrogens with zero attached hydrogens (tertiary/aromatic N) is 3. The molecular weight excluding hydrogens is 383 g/mol. The number of rotatable bonds is 3. The van der Waals surface area contributed by atoms with Gasteiger partial charge in [-0.05, 0) is 54.1 Å². The van der Waals surface area contributed by atoms with E-state index in [1.807, 2.05) is 6.07 Å². The van der Waals surface area contributed by atoms with Gasteiger partial charge >= 0.3 is 0 Å². The van der Waals surface area contributed by atoms with E-state index >= 15 is 0 Å². The molecule has 0 saturated carbocycles. The lowest BCUT2D eigenvalue weighted by Gasteiger charge is -2.09. The van der Waals surface area contributed by atoms with Crippen LogP contribution in [0, 0.1) is 17.1 Å². The van der Waals surface area contributed by atoms with Crippen LogP contribution in [0.1, 0.15) is 27.3 Å². The van der Waals surface area contributed by atoms with Gasteiger partial charge in [0.15, 0.2) is 5.82 Å². The molecule has 7 heteroatoms. The zero-order valence-electron chi connectivity index (χ0n) is 15.5. The Kier molecular flexibility index (Phi) is 3.93. The fraction of sp³-hybridized carbons (Fsp3) is 0.0435. The van der Waals surface area contributed by atoms with Crippen LogP contribution in [-0.2, 0) is 6.54 Å². The molecular formula is C23H13FN4O2. The molecule has 0 aliphatic carbocycles. The highest BCUT2D eigenvalue weighted by Crippen LogP contribution is 2.27. The summed E-state index contributed by atoms with van der Waals surface area (Å²) in [5.74, 6) is -0.644. The van der Waals surface area contributed by atoms with Gasteiger partial charge in [-0.25, -0.2) is 9.37 Å². The van der Waals surface area contributed by atoms with Crippen LogP contribution in [0.4, 0.5) is 10.1 Å². The monoisotopic (exact) mass is 396 g/mol. The zero-order chi connectivity index (χ0) is 20.8. The molecule has 0 spiro atoms. The van der Waals surface area contributed by atoms with E-state index in [2.05, 4.69) is 10.3 Å². The average molecular weight is 396 g/mol. The maximum atomic E-state index is 13.1. The van der Waals surface area contributed by atoms with Crippen LogP contribution in [0.5, 0.6) is 0 Å². The normalized spacial score (nSPS) is 11.8. The fourth-order valence-corrected chi connectivity index (χ4v) is 3.58. The van der Waals surface area contributed by atoms with Crippen LogP contribution in [0.2, 0.25) is 0 Å². The number of carbonyl (C=O) groups excluding carboxylic acids is 1. The van der Waals surface area contributed by atoms with Crippen LogP contribution in [0.15, 0.2) is 65.5 Å². The van der Waals surface area contributed by atoms with E-state index in [-0.39, 0.29) is 23.0 Å². The number of nitrogens with one attached hydrogen (secondary N) is 1. The Labute approximate surface area is 169 Å². The van der Waals surface area contributed by atoms with Gasteiger partial charge in [0.25, 0.3) is 5.56 Å². The van der Waals surface area contributed by atoms with Gasteiger partial charge in [-0.15, -0.1) is 0 Å². The van der Waals surface area contributed by atoms with Gasteiger partial charge < -0.3 is 5.32 Å². The predicted molar refractivity (Wildman–Crippen MR) is 109 cm³/mol. The van der Waals surface area contributed by atoms with Crippen molar-refractivity contribution in [2.75, 3.05) is 5.32 Å². The van der Waals surface area contributed by atoms with E-state index in [1.54, 1.807) is 42.5 Å². The van der Waals surface area contributed by atoms with Crippen molar-refractivity contribution in [3.63, 3.8) is 0 Å². The van der Waals surface area contributed by atoms with Crippen LogP contribution >= 0.6 is 0 Å². The first-order valence-electron chi connectivity index (χ1n) is 9.19. The number of ketones is 1. The summed E-state index contributed by atoms with van der Waals surface area (Å²) in [6.45, 7) is 0.469. The number of anilines is 1. The van der Waals surface area contributed by atoms with Crippen molar-refractivity contribution in [3.8, 4) is 11.8 Å². The van der Waals surface area contributed by atoms with Gasteiger partial charge in [0, 0.05) is 12.2 Å². The molecule has 4 aromatic rings. The highest BCUT2D eigenvalue weighted by atomic mass is 19.1. The first kappa shape index (κ1) is 17.8. The van der Waals surface area contributed by atoms with Crippen LogP contribution in [0.25, 0.3) is 16.6 Å². The van der Waals surface area contributed by atoms with Crippen LogP contribution < -0.4 is 10.9 Å². The molecule has 144 valence electrons. The van der Waals surface area contributed by atoms with E-state index in [4.69, 9.17) is 5.26 Å². The molecule has 1 aromatic heterocycles. The van der Waals surface area contributed by atoms with E-state index in [1.165, 1.54) is 22.8 Å². The predicted octanol–water partition coefficient (Wildman–Crippen LogP) is 3.55. The third-order valence-electron chi connectivity index (χ3n) is 5.09. The summed E-state index contributed by atoms with van der Waals surface area (Å²) < 4.78 is 14.3. The standard InChI is InChI=1S/C23H13FN4O2/c24-15-4-1-13(2-5-15)12-26-16-6-7-17-19(10-16)27-22-21(29)18-9-14(11-25)3-8-20(18)28(22)23(17)30/h1-10,26H,12H2. The summed E-state index contributed by atoms with van der Waals surface area (Å²) in [4.78, 5) is 30.3. The number of aromatic nitrogens is 2. The maximum absolute atomic E-state index is 13.1. The van der Waals surface area contributed by atoms with E-state index in [0.29, 0.717) is 34.3 Å². The number of nitriles is 1. The van der Waals surface area contributed by atoms with E-state index in [9.17, 15) is 14.0 Å². The molecule has 0 radical (unpaired) electrons. The molecule has 30 heavy (non-hydrogen) atoms. The third kappa shape index (κ3) is 2.74. The quantitative estimate of drug-likeness (QED) is 0.504. The lowest BCUT2D eigenvalue weighted by atomic mass is 10.1. The molecule has 0 saturated heterocycles. The summed E-state index contributed by atoms with van der Waals surface area (Å²) in [7, 11) is 0. The Hall–Kier alpha value is -4.31. The topological polar surface area (TPSA) is 87.8 Å². The maximum Gasteiger partial charge on any atom is 0.266 e. The molecule has 0 amide bonds. The number of hydrogen-bond donors (Lipinski definition) is 1. The summed E-state index contributed by atoms with van der Waals surface area (Å²) in [6.07, 6.45) is 0. The molecule has 6 nitrogen and oxygen atoms in total. The van der Waals surface area contributed by atoms with Crippen molar-refractivity contribution in [1.29, 1.82) is 5.26 Å². The number of halogens is 1.